The SMILES string of the molecule is O=C(OCC1CCN(Cc2ccccc2)CC1)C(c1ccccc1)c1cccc(OCC(=O)N2CCC(CN/C=C(/O)c3ccc(O)c4[nH]c(=O)ccc34)CC2)c1. The molecule has 1 aromatic heterocycles. The zero-order valence-corrected chi connectivity index (χ0v) is 32.0. The van der Waals surface area contributed by atoms with Gasteiger partial charge in [-0.05, 0) is 97.6 Å². The Morgan fingerprint density at radius 3 is 2.28 bits per heavy atom. The van der Waals surface area contributed by atoms with Gasteiger partial charge in [-0.25, -0.2) is 0 Å². The highest BCUT2D eigenvalue weighted by Gasteiger charge is 2.28. The summed E-state index contributed by atoms with van der Waals surface area (Å²) in [7, 11) is 0. The van der Waals surface area contributed by atoms with E-state index in [2.05, 4.69) is 39.5 Å². The number of hydrogen-bond acceptors (Lipinski definition) is 9. The highest BCUT2D eigenvalue weighted by Crippen LogP contribution is 2.31. The molecule has 57 heavy (non-hydrogen) atoms. The van der Waals surface area contributed by atoms with Crippen LogP contribution in [0.4, 0.5) is 0 Å². The summed E-state index contributed by atoms with van der Waals surface area (Å²) in [6.07, 6.45) is 5.07. The number of H-pyrrole nitrogens is 1. The molecule has 4 aromatic carbocycles. The van der Waals surface area contributed by atoms with E-state index in [-0.39, 0.29) is 41.1 Å². The Bertz CT molecular complexity index is 2210. The van der Waals surface area contributed by atoms with Gasteiger partial charge in [-0.15, -0.1) is 0 Å². The predicted molar refractivity (Wildman–Crippen MR) is 220 cm³/mol. The number of carbonyl (C=O) groups is 2. The summed E-state index contributed by atoms with van der Waals surface area (Å²) in [5.74, 6) is 0.0175. The standard InChI is InChI=1S/C46H50N4O7/c51-40-16-14-38(39-15-17-42(53)48-45(39)40)41(52)28-47-27-32-20-24-50(25-21-32)43(54)31-56-37-13-7-12-36(26-37)44(35-10-5-2-6-11-35)46(55)57-30-34-18-22-49(23-19-34)29-33-8-3-1-4-9-33/h1-17,26,28,32,34,44,47,51-52H,18-25,27,29-31H2,(H,48,53)/b41-28+. The number of phenolic OH excluding ortho intramolecular Hbond substituents is 1. The number of aromatic amines is 1. The summed E-state index contributed by atoms with van der Waals surface area (Å²) in [6.45, 7) is 4.96. The Kier molecular flexibility index (Phi) is 12.9. The third-order valence-electron chi connectivity index (χ3n) is 11.1. The number of carbonyl (C=O) groups excluding carboxylic acids is 2. The number of esters is 1. The van der Waals surface area contributed by atoms with E-state index in [9.17, 15) is 24.6 Å². The van der Waals surface area contributed by atoms with Crippen LogP contribution >= 0.6 is 0 Å². The number of piperidine rings is 2. The van der Waals surface area contributed by atoms with Crippen LogP contribution in [0.3, 0.4) is 0 Å². The quantitative estimate of drug-likeness (QED) is 0.0727. The lowest BCUT2D eigenvalue weighted by Crippen LogP contribution is -2.42. The van der Waals surface area contributed by atoms with E-state index < -0.39 is 5.92 Å². The van der Waals surface area contributed by atoms with Crippen molar-refractivity contribution in [2.45, 2.75) is 38.1 Å². The zero-order valence-electron chi connectivity index (χ0n) is 32.0. The number of nitrogens with zero attached hydrogens (tertiary/aromatic N) is 2. The highest BCUT2D eigenvalue weighted by molar-refractivity contribution is 5.93. The fourth-order valence-electron chi connectivity index (χ4n) is 7.81. The number of aromatic nitrogens is 1. The van der Waals surface area contributed by atoms with Crippen LogP contribution < -0.4 is 15.6 Å². The van der Waals surface area contributed by atoms with Gasteiger partial charge >= 0.3 is 5.97 Å². The minimum absolute atomic E-state index is 0.0150. The number of phenols is 1. The van der Waals surface area contributed by atoms with Crippen LogP contribution in [0, 0.1) is 11.8 Å². The van der Waals surface area contributed by atoms with E-state index >= 15 is 0 Å². The number of aliphatic hydroxyl groups excluding tert-OH is 1. The molecule has 1 amide bonds. The van der Waals surface area contributed by atoms with Crippen LogP contribution in [0.2, 0.25) is 0 Å². The van der Waals surface area contributed by atoms with Gasteiger partial charge in [0, 0.05) is 49.4 Å². The maximum atomic E-state index is 13.8. The molecule has 3 heterocycles. The summed E-state index contributed by atoms with van der Waals surface area (Å²) in [5.41, 5.74) is 3.30. The summed E-state index contributed by atoms with van der Waals surface area (Å²) in [5, 5.41) is 24.6. The van der Waals surface area contributed by atoms with Gasteiger partial charge in [0.2, 0.25) is 5.56 Å². The largest absolute Gasteiger partial charge is 0.506 e. The first-order valence-electron chi connectivity index (χ1n) is 19.8. The van der Waals surface area contributed by atoms with Crippen molar-refractivity contribution in [2.75, 3.05) is 45.9 Å². The molecule has 11 heteroatoms. The summed E-state index contributed by atoms with van der Waals surface area (Å²) in [4.78, 5) is 45.6. The van der Waals surface area contributed by atoms with Crippen molar-refractivity contribution in [1.29, 1.82) is 0 Å². The molecule has 296 valence electrons. The predicted octanol–water partition coefficient (Wildman–Crippen LogP) is 6.58. The van der Waals surface area contributed by atoms with Crippen molar-refractivity contribution >= 4 is 28.5 Å². The molecule has 0 saturated carbocycles. The molecule has 7 rings (SSSR count). The molecule has 1 unspecified atom stereocenters. The average Bonchev–Trinajstić information content (AvgIpc) is 3.24. The molecule has 2 aliphatic rings. The van der Waals surface area contributed by atoms with E-state index in [1.54, 1.807) is 18.2 Å². The van der Waals surface area contributed by atoms with E-state index in [1.807, 2.05) is 59.5 Å². The molecular formula is C46H50N4O7. The van der Waals surface area contributed by atoms with Gasteiger partial charge in [-0.1, -0.05) is 72.8 Å². The van der Waals surface area contributed by atoms with Crippen molar-refractivity contribution in [1.82, 2.24) is 20.1 Å². The van der Waals surface area contributed by atoms with Gasteiger partial charge in [-0.2, -0.15) is 0 Å². The zero-order chi connectivity index (χ0) is 39.6. The lowest BCUT2D eigenvalue weighted by atomic mass is 9.91. The molecule has 0 bridgehead atoms. The van der Waals surface area contributed by atoms with Crippen LogP contribution in [0.5, 0.6) is 11.5 Å². The monoisotopic (exact) mass is 770 g/mol. The topological polar surface area (TPSA) is 144 Å². The lowest BCUT2D eigenvalue weighted by Gasteiger charge is -2.32. The van der Waals surface area contributed by atoms with Crippen molar-refractivity contribution in [3.63, 3.8) is 0 Å². The Balaban J connectivity index is 0.880. The third-order valence-corrected chi connectivity index (χ3v) is 11.1. The number of hydrogen-bond donors (Lipinski definition) is 4. The molecule has 2 fully saturated rings. The lowest BCUT2D eigenvalue weighted by molar-refractivity contribution is -0.146. The summed E-state index contributed by atoms with van der Waals surface area (Å²) >= 11 is 0. The Morgan fingerprint density at radius 2 is 1.53 bits per heavy atom. The molecule has 5 aromatic rings. The summed E-state index contributed by atoms with van der Waals surface area (Å²) in [6, 6.07) is 33.5. The fourth-order valence-corrected chi connectivity index (χ4v) is 7.81. The van der Waals surface area contributed by atoms with E-state index in [4.69, 9.17) is 9.47 Å². The molecule has 2 saturated heterocycles. The number of aromatic hydroxyl groups is 1. The molecule has 2 aliphatic heterocycles. The highest BCUT2D eigenvalue weighted by atomic mass is 16.5. The number of rotatable bonds is 14. The molecule has 1 atom stereocenters. The van der Waals surface area contributed by atoms with Gasteiger partial charge in [0.15, 0.2) is 6.61 Å². The smallest absolute Gasteiger partial charge is 0.317 e. The van der Waals surface area contributed by atoms with E-state index in [0.29, 0.717) is 54.8 Å². The van der Waals surface area contributed by atoms with Gasteiger partial charge in [-0.3, -0.25) is 19.3 Å². The maximum absolute atomic E-state index is 13.8. The van der Waals surface area contributed by atoms with Crippen molar-refractivity contribution in [3.8, 4) is 11.5 Å². The Labute approximate surface area is 332 Å². The second kappa shape index (κ2) is 18.7. The third kappa shape index (κ3) is 10.2. The Morgan fingerprint density at radius 1 is 0.825 bits per heavy atom. The fraction of sp³-hybridized carbons (Fsp3) is 0.326. The maximum Gasteiger partial charge on any atom is 0.317 e. The number of benzene rings is 4. The van der Waals surface area contributed by atoms with Crippen LogP contribution in [0.15, 0.2) is 120 Å². The number of likely N-dealkylation sites (tertiary alicyclic amines) is 2. The number of fused-ring (bicyclic) bond motifs is 1. The number of aliphatic hydroxyl groups is 1. The first kappa shape index (κ1) is 39.2. The van der Waals surface area contributed by atoms with Crippen LogP contribution in [0.1, 0.15) is 53.9 Å². The Hall–Kier alpha value is -6.07. The molecule has 0 spiro atoms. The molecule has 4 N–H and O–H groups in total. The van der Waals surface area contributed by atoms with Gasteiger partial charge in [0.05, 0.1) is 12.1 Å². The minimum atomic E-state index is -0.626. The molecular weight excluding hydrogens is 721 g/mol. The van der Waals surface area contributed by atoms with Gasteiger partial charge < -0.3 is 34.9 Å². The van der Waals surface area contributed by atoms with Crippen molar-refractivity contribution in [3.05, 3.63) is 148 Å². The number of pyridine rings is 1. The van der Waals surface area contributed by atoms with Crippen molar-refractivity contribution < 1.29 is 29.3 Å². The van der Waals surface area contributed by atoms with Crippen molar-refractivity contribution in [2.24, 2.45) is 11.8 Å². The average molecular weight is 771 g/mol. The molecule has 0 radical (unpaired) electrons. The minimum Gasteiger partial charge on any atom is -0.506 e. The van der Waals surface area contributed by atoms with Crippen LogP contribution in [-0.4, -0.2) is 82.8 Å². The number of nitrogens with one attached hydrogen (secondary N) is 2. The second-order valence-corrected chi connectivity index (χ2v) is 15.0. The first-order chi connectivity index (χ1) is 27.8. The van der Waals surface area contributed by atoms with E-state index in [0.717, 1.165) is 56.4 Å². The second-order valence-electron chi connectivity index (χ2n) is 15.0. The van der Waals surface area contributed by atoms with Crippen LogP contribution in [-0.2, 0) is 20.9 Å². The summed E-state index contributed by atoms with van der Waals surface area (Å²) < 4.78 is 12.0. The number of ether oxygens (including phenoxy) is 2. The van der Waals surface area contributed by atoms with Gasteiger partial charge in [0.25, 0.3) is 5.91 Å². The first-order valence-corrected chi connectivity index (χ1v) is 19.8. The molecule has 0 aliphatic carbocycles. The van der Waals surface area contributed by atoms with Crippen LogP contribution in [0.25, 0.3) is 16.7 Å². The van der Waals surface area contributed by atoms with Gasteiger partial charge in [0.1, 0.15) is 23.2 Å². The van der Waals surface area contributed by atoms with E-state index in [1.165, 1.54) is 23.9 Å². The normalized spacial score (nSPS) is 16.3. The number of amides is 1. The molecule has 11 nitrogen and oxygen atoms in total.